The van der Waals surface area contributed by atoms with Crippen LogP contribution >= 0.6 is 12.8 Å². The van der Waals surface area contributed by atoms with Gasteiger partial charge >= 0.3 is 0 Å². The number of hydrogen-bond donors (Lipinski definition) is 1. The van der Waals surface area contributed by atoms with Gasteiger partial charge in [-0.1, -0.05) is 12.8 Å². The SMILES string of the molecule is CC(C)N1CCN(S)CC1C. The Hall–Kier alpha value is 0.270. The summed E-state index contributed by atoms with van der Waals surface area (Å²) in [6.07, 6.45) is 0. The summed E-state index contributed by atoms with van der Waals surface area (Å²) in [5.41, 5.74) is 0. The fourth-order valence-electron chi connectivity index (χ4n) is 1.72. The van der Waals surface area contributed by atoms with E-state index in [1.54, 1.807) is 0 Å². The molecule has 1 aliphatic rings. The van der Waals surface area contributed by atoms with E-state index in [9.17, 15) is 0 Å². The van der Waals surface area contributed by atoms with Gasteiger partial charge in [0.05, 0.1) is 0 Å². The van der Waals surface area contributed by atoms with Crippen LogP contribution in [0.5, 0.6) is 0 Å². The third kappa shape index (κ3) is 2.36. The minimum absolute atomic E-state index is 0.654. The molecule has 0 aromatic carbocycles. The number of hydrogen-bond acceptors (Lipinski definition) is 3. The fourth-order valence-corrected chi connectivity index (χ4v) is 2.05. The zero-order valence-electron chi connectivity index (χ0n) is 7.62. The van der Waals surface area contributed by atoms with Gasteiger partial charge in [-0.3, -0.25) is 9.21 Å². The minimum atomic E-state index is 0.654. The highest BCUT2D eigenvalue weighted by Crippen LogP contribution is 2.13. The molecular weight excluding hydrogens is 156 g/mol. The predicted molar refractivity (Wildman–Crippen MR) is 51.9 cm³/mol. The van der Waals surface area contributed by atoms with Crippen molar-refractivity contribution in [1.29, 1.82) is 0 Å². The van der Waals surface area contributed by atoms with Crippen LogP contribution in [0, 0.1) is 0 Å². The highest BCUT2D eigenvalue weighted by atomic mass is 32.1. The van der Waals surface area contributed by atoms with Gasteiger partial charge in [-0.2, -0.15) is 0 Å². The van der Waals surface area contributed by atoms with Crippen LogP contribution in [0.1, 0.15) is 20.8 Å². The van der Waals surface area contributed by atoms with Crippen molar-refractivity contribution in [3.8, 4) is 0 Å². The maximum absolute atomic E-state index is 4.34. The molecule has 11 heavy (non-hydrogen) atoms. The van der Waals surface area contributed by atoms with Crippen LogP contribution in [0.3, 0.4) is 0 Å². The van der Waals surface area contributed by atoms with Gasteiger partial charge in [-0.15, -0.1) is 0 Å². The molecule has 3 heteroatoms. The lowest BCUT2D eigenvalue weighted by atomic mass is 10.2. The molecule has 1 fully saturated rings. The first kappa shape index (κ1) is 9.36. The third-order valence-corrected chi connectivity index (χ3v) is 2.68. The molecule has 0 aromatic rings. The van der Waals surface area contributed by atoms with Gasteiger partial charge in [0.15, 0.2) is 0 Å². The Morgan fingerprint density at radius 3 is 2.45 bits per heavy atom. The largest absolute Gasteiger partial charge is 0.296 e. The molecule has 1 unspecified atom stereocenters. The summed E-state index contributed by atoms with van der Waals surface area (Å²) in [6.45, 7) is 10.1. The lowest BCUT2D eigenvalue weighted by Crippen LogP contribution is -2.51. The lowest BCUT2D eigenvalue weighted by Gasteiger charge is -2.39. The van der Waals surface area contributed by atoms with Crippen molar-refractivity contribution in [3.63, 3.8) is 0 Å². The Kier molecular flexibility index (Phi) is 3.22. The molecule has 66 valence electrons. The molecule has 0 amide bonds. The average molecular weight is 174 g/mol. The molecule has 0 saturated carbocycles. The zero-order chi connectivity index (χ0) is 8.43. The maximum atomic E-state index is 4.34. The van der Waals surface area contributed by atoms with Gasteiger partial charge in [0.1, 0.15) is 0 Å². The van der Waals surface area contributed by atoms with Crippen molar-refractivity contribution in [3.05, 3.63) is 0 Å². The maximum Gasteiger partial charge on any atom is 0.0241 e. The number of nitrogens with zero attached hydrogens (tertiary/aromatic N) is 2. The molecule has 0 radical (unpaired) electrons. The summed E-state index contributed by atoms with van der Waals surface area (Å²) in [5, 5.41) is 0. The van der Waals surface area contributed by atoms with E-state index in [4.69, 9.17) is 0 Å². The molecule has 0 N–H and O–H groups in total. The van der Waals surface area contributed by atoms with Gasteiger partial charge in [-0.05, 0) is 20.8 Å². The van der Waals surface area contributed by atoms with Gasteiger partial charge in [0, 0.05) is 31.7 Å². The Morgan fingerprint density at radius 2 is 2.00 bits per heavy atom. The van der Waals surface area contributed by atoms with Crippen molar-refractivity contribution < 1.29 is 0 Å². The Balaban J connectivity index is 2.44. The average Bonchev–Trinajstić information content (AvgIpc) is 1.85. The Morgan fingerprint density at radius 1 is 1.36 bits per heavy atom. The standard InChI is InChI=1S/C8H18N2S/c1-7(2)10-5-4-9(11)6-8(10)3/h7-8,11H,4-6H2,1-3H3. The number of piperazine rings is 1. The number of thiol groups is 1. The van der Waals surface area contributed by atoms with Crippen molar-refractivity contribution in [2.24, 2.45) is 0 Å². The van der Waals surface area contributed by atoms with Gasteiger partial charge in [0.2, 0.25) is 0 Å². The van der Waals surface area contributed by atoms with Crippen molar-refractivity contribution in [2.75, 3.05) is 19.6 Å². The molecule has 1 rings (SSSR count). The molecular formula is C8H18N2S. The molecule has 1 saturated heterocycles. The molecule has 0 bridgehead atoms. The van der Waals surface area contributed by atoms with Crippen LogP contribution in [0.15, 0.2) is 0 Å². The first-order chi connectivity index (χ1) is 5.11. The second-order valence-electron chi connectivity index (χ2n) is 3.59. The van der Waals surface area contributed by atoms with Crippen LogP contribution in [0.25, 0.3) is 0 Å². The first-order valence-electron chi connectivity index (χ1n) is 4.31. The summed E-state index contributed by atoms with van der Waals surface area (Å²) in [4.78, 5) is 2.52. The highest BCUT2D eigenvalue weighted by Gasteiger charge is 2.23. The minimum Gasteiger partial charge on any atom is -0.296 e. The molecule has 1 atom stereocenters. The normalized spacial score (nSPS) is 29.7. The summed E-state index contributed by atoms with van der Waals surface area (Å²) >= 11 is 4.34. The van der Waals surface area contributed by atoms with Crippen LogP contribution in [0.4, 0.5) is 0 Å². The van der Waals surface area contributed by atoms with Crippen LogP contribution in [-0.2, 0) is 0 Å². The van der Waals surface area contributed by atoms with Crippen LogP contribution in [0.2, 0.25) is 0 Å². The van der Waals surface area contributed by atoms with Crippen LogP contribution < -0.4 is 0 Å². The van der Waals surface area contributed by atoms with E-state index in [1.165, 1.54) is 0 Å². The smallest absolute Gasteiger partial charge is 0.0241 e. The van der Waals surface area contributed by atoms with E-state index in [-0.39, 0.29) is 0 Å². The Bertz CT molecular complexity index is 127. The van der Waals surface area contributed by atoms with E-state index >= 15 is 0 Å². The second kappa shape index (κ2) is 3.78. The molecule has 1 aliphatic heterocycles. The summed E-state index contributed by atoms with van der Waals surface area (Å²) in [7, 11) is 0. The van der Waals surface area contributed by atoms with E-state index in [2.05, 4.69) is 42.8 Å². The quantitative estimate of drug-likeness (QED) is 0.598. The molecule has 0 aromatic heterocycles. The van der Waals surface area contributed by atoms with E-state index in [1.807, 2.05) is 0 Å². The van der Waals surface area contributed by atoms with E-state index in [0.29, 0.717) is 12.1 Å². The summed E-state index contributed by atoms with van der Waals surface area (Å²) < 4.78 is 2.10. The third-order valence-electron chi connectivity index (χ3n) is 2.32. The van der Waals surface area contributed by atoms with Gasteiger partial charge in [0.25, 0.3) is 0 Å². The zero-order valence-corrected chi connectivity index (χ0v) is 8.51. The van der Waals surface area contributed by atoms with Crippen LogP contribution in [-0.4, -0.2) is 40.9 Å². The van der Waals surface area contributed by atoms with Crippen molar-refractivity contribution >= 4 is 12.8 Å². The van der Waals surface area contributed by atoms with E-state index in [0.717, 1.165) is 19.6 Å². The first-order valence-corrected chi connectivity index (χ1v) is 4.71. The van der Waals surface area contributed by atoms with Gasteiger partial charge in [-0.25, -0.2) is 0 Å². The monoisotopic (exact) mass is 174 g/mol. The van der Waals surface area contributed by atoms with Crippen molar-refractivity contribution in [1.82, 2.24) is 9.21 Å². The summed E-state index contributed by atoms with van der Waals surface area (Å²) in [6, 6.07) is 1.33. The lowest BCUT2D eigenvalue weighted by molar-refractivity contribution is 0.104. The van der Waals surface area contributed by atoms with E-state index < -0.39 is 0 Å². The molecule has 0 aliphatic carbocycles. The predicted octanol–water partition coefficient (Wildman–Crippen LogP) is 1.25. The summed E-state index contributed by atoms with van der Waals surface area (Å²) in [5.74, 6) is 0. The fraction of sp³-hybridized carbons (Fsp3) is 1.00. The molecule has 0 spiro atoms. The van der Waals surface area contributed by atoms with Crippen molar-refractivity contribution in [2.45, 2.75) is 32.9 Å². The molecule has 2 nitrogen and oxygen atoms in total. The second-order valence-corrected chi connectivity index (χ2v) is 4.16. The highest BCUT2D eigenvalue weighted by molar-refractivity contribution is 7.77. The van der Waals surface area contributed by atoms with Gasteiger partial charge < -0.3 is 0 Å². The molecule has 1 heterocycles. The Labute approximate surface area is 75.1 Å². The number of rotatable bonds is 1. The topological polar surface area (TPSA) is 6.48 Å².